The average Bonchev–Trinajstić information content (AvgIpc) is 2.55. The first-order chi connectivity index (χ1) is 5.75. The molecule has 0 aliphatic carbocycles. The van der Waals surface area contributed by atoms with Gasteiger partial charge in [0.1, 0.15) is 0 Å². The van der Waals surface area contributed by atoms with E-state index in [1.165, 1.54) is 19.4 Å². The van der Waals surface area contributed by atoms with E-state index in [1.54, 1.807) is 0 Å². The minimum Gasteiger partial charge on any atom is -0.329 e. The van der Waals surface area contributed by atoms with Crippen molar-refractivity contribution in [3.8, 4) is 0 Å². The predicted octanol–water partition coefficient (Wildman–Crippen LogP) is 1.84. The Morgan fingerprint density at radius 1 is 1.42 bits per heavy atom. The van der Waals surface area contributed by atoms with Crippen molar-refractivity contribution in [3.63, 3.8) is 0 Å². The zero-order valence-electron chi connectivity index (χ0n) is 9.01. The van der Waals surface area contributed by atoms with Crippen LogP contribution in [-0.4, -0.2) is 30.1 Å². The van der Waals surface area contributed by atoms with Crippen LogP contribution in [0.1, 0.15) is 40.5 Å². The molecule has 74 valence electrons. The molecule has 0 amide bonds. The van der Waals surface area contributed by atoms with Crippen molar-refractivity contribution in [1.82, 2.24) is 4.90 Å². The van der Waals surface area contributed by atoms with E-state index >= 15 is 0 Å². The van der Waals surface area contributed by atoms with Gasteiger partial charge in [-0.05, 0) is 33.2 Å². The van der Waals surface area contributed by atoms with Gasteiger partial charge in [0, 0.05) is 18.6 Å². The molecule has 12 heavy (non-hydrogen) atoms. The summed E-state index contributed by atoms with van der Waals surface area (Å²) in [6, 6.07) is 1.34. The number of likely N-dealkylation sites (tertiary alicyclic amines) is 1. The van der Waals surface area contributed by atoms with Gasteiger partial charge in [-0.2, -0.15) is 0 Å². The fraction of sp³-hybridized carbons (Fsp3) is 1.00. The van der Waals surface area contributed by atoms with Crippen LogP contribution in [0, 0.1) is 0 Å². The van der Waals surface area contributed by atoms with Gasteiger partial charge < -0.3 is 5.73 Å². The molecule has 1 atom stereocenters. The third kappa shape index (κ3) is 3.11. The highest BCUT2D eigenvalue weighted by Crippen LogP contribution is 2.18. The first-order valence-corrected chi connectivity index (χ1v) is 5.21. The standard InChI is InChI=1S/C8H18N2.C2H6/c1-7(2)10-5-3-4-8(10)6-9;1-2/h7-8H,3-6,9H2,1-2H3;1-2H3. The Hall–Kier alpha value is -0.0800. The highest BCUT2D eigenvalue weighted by atomic mass is 15.2. The lowest BCUT2D eigenvalue weighted by molar-refractivity contribution is 0.208. The van der Waals surface area contributed by atoms with Crippen molar-refractivity contribution in [3.05, 3.63) is 0 Å². The summed E-state index contributed by atoms with van der Waals surface area (Å²) in [6.45, 7) is 10.6. The SMILES string of the molecule is CC.CC(C)N1CCCC1CN. The van der Waals surface area contributed by atoms with Crippen LogP contribution in [0.4, 0.5) is 0 Å². The van der Waals surface area contributed by atoms with E-state index < -0.39 is 0 Å². The van der Waals surface area contributed by atoms with Crippen molar-refractivity contribution in [1.29, 1.82) is 0 Å². The van der Waals surface area contributed by atoms with Crippen LogP contribution in [-0.2, 0) is 0 Å². The molecule has 1 aliphatic rings. The molecule has 1 saturated heterocycles. The number of nitrogens with zero attached hydrogens (tertiary/aromatic N) is 1. The van der Waals surface area contributed by atoms with Crippen LogP contribution in [0.25, 0.3) is 0 Å². The van der Waals surface area contributed by atoms with Gasteiger partial charge in [-0.15, -0.1) is 0 Å². The quantitative estimate of drug-likeness (QED) is 0.688. The summed E-state index contributed by atoms with van der Waals surface area (Å²) >= 11 is 0. The van der Waals surface area contributed by atoms with Crippen LogP contribution in [0.5, 0.6) is 0 Å². The van der Waals surface area contributed by atoms with Gasteiger partial charge in [-0.25, -0.2) is 0 Å². The minimum absolute atomic E-state index is 0.667. The fourth-order valence-corrected chi connectivity index (χ4v) is 1.79. The lowest BCUT2D eigenvalue weighted by Gasteiger charge is -2.26. The second-order valence-electron chi connectivity index (χ2n) is 3.36. The molecule has 0 spiro atoms. The van der Waals surface area contributed by atoms with E-state index in [-0.39, 0.29) is 0 Å². The first-order valence-electron chi connectivity index (χ1n) is 5.21. The highest BCUT2D eigenvalue weighted by molar-refractivity contribution is 4.81. The maximum absolute atomic E-state index is 5.62. The summed E-state index contributed by atoms with van der Waals surface area (Å²) < 4.78 is 0. The number of hydrogen-bond acceptors (Lipinski definition) is 2. The monoisotopic (exact) mass is 172 g/mol. The van der Waals surface area contributed by atoms with Crippen molar-refractivity contribution in [2.45, 2.75) is 52.6 Å². The normalized spacial score (nSPS) is 24.0. The van der Waals surface area contributed by atoms with Crippen LogP contribution in [0.3, 0.4) is 0 Å². The van der Waals surface area contributed by atoms with E-state index in [4.69, 9.17) is 5.73 Å². The minimum atomic E-state index is 0.667. The highest BCUT2D eigenvalue weighted by Gasteiger charge is 2.24. The fourth-order valence-electron chi connectivity index (χ4n) is 1.79. The molecular weight excluding hydrogens is 148 g/mol. The molecule has 0 bridgehead atoms. The van der Waals surface area contributed by atoms with Gasteiger partial charge in [-0.1, -0.05) is 13.8 Å². The molecule has 2 N–H and O–H groups in total. The zero-order valence-corrected chi connectivity index (χ0v) is 9.01. The molecule has 2 nitrogen and oxygen atoms in total. The molecule has 0 aromatic rings. The van der Waals surface area contributed by atoms with Crippen LogP contribution >= 0.6 is 0 Å². The van der Waals surface area contributed by atoms with E-state index in [9.17, 15) is 0 Å². The van der Waals surface area contributed by atoms with Gasteiger partial charge in [0.2, 0.25) is 0 Å². The summed E-state index contributed by atoms with van der Waals surface area (Å²) in [5.74, 6) is 0. The maximum atomic E-state index is 5.62. The molecule has 0 saturated carbocycles. The molecular formula is C10H24N2. The van der Waals surface area contributed by atoms with E-state index in [1.807, 2.05) is 13.8 Å². The lowest BCUT2D eigenvalue weighted by Crippen LogP contribution is -2.39. The summed E-state index contributed by atoms with van der Waals surface area (Å²) in [7, 11) is 0. The third-order valence-corrected chi connectivity index (χ3v) is 2.36. The Labute approximate surface area is 77.1 Å². The maximum Gasteiger partial charge on any atom is 0.0221 e. The van der Waals surface area contributed by atoms with E-state index in [0.29, 0.717) is 12.1 Å². The van der Waals surface area contributed by atoms with E-state index in [2.05, 4.69) is 18.7 Å². The van der Waals surface area contributed by atoms with Gasteiger partial charge in [0.15, 0.2) is 0 Å². The summed E-state index contributed by atoms with van der Waals surface area (Å²) in [5.41, 5.74) is 5.62. The Balaban J connectivity index is 0.000000561. The predicted molar refractivity (Wildman–Crippen MR) is 55.3 cm³/mol. The summed E-state index contributed by atoms with van der Waals surface area (Å²) in [4.78, 5) is 2.50. The molecule has 1 aliphatic heterocycles. The van der Waals surface area contributed by atoms with Crippen molar-refractivity contribution < 1.29 is 0 Å². The topological polar surface area (TPSA) is 29.3 Å². The lowest BCUT2D eigenvalue weighted by atomic mass is 10.2. The Morgan fingerprint density at radius 2 is 2.00 bits per heavy atom. The zero-order chi connectivity index (χ0) is 9.56. The molecule has 2 heteroatoms. The first kappa shape index (κ1) is 11.9. The van der Waals surface area contributed by atoms with Crippen LogP contribution in [0.2, 0.25) is 0 Å². The number of hydrogen-bond donors (Lipinski definition) is 1. The van der Waals surface area contributed by atoms with Crippen LogP contribution < -0.4 is 5.73 Å². The Morgan fingerprint density at radius 3 is 2.33 bits per heavy atom. The summed E-state index contributed by atoms with van der Waals surface area (Å²) in [6.07, 6.45) is 2.63. The Bertz CT molecular complexity index is 102. The molecule has 0 radical (unpaired) electrons. The molecule has 1 rings (SSSR count). The van der Waals surface area contributed by atoms with Gasteiger partial charge in [0.05, 0.1) is 0 Å². The number of nitrogens with two attached hydrogens (primary N) is 1. The van der Waals surface area contributed by atoms with Crippen LogP contribution in [0.15, 0.2) is 0 Å². The largest absolute Gasteiger partial charge is 0.329 e. The van der Waals surface area contributed by atoms with Crippen molar-refractivity contribution in [2.75, 3.05) is 13.1 Å². The van der Waals surface area contributed by atoms with Gasteiger partial charge >= 0.3 is 0 Å². The van der Waals surface area contributed by atoms with Crippen molar-refractivity contribution >= 4 is 0 Å². The summed E-state index contributed by atoms with van der Waals surface area (Å²) in [5, 5.41) is 0. The molecule has 1 heterocycles. The van der Waals surface area contributed by atoms with Gasteiger partial charge in [0.25, 0.3) is 0 Å². The number of rotatable bonds is 2. The molecule has 1 fully saturated rings. The molecule has 0 aromatic carbocycles. The second-order valence-corrected chi connectivity index (χ2v) is 3.36. The van der Waals surface area contributed by atoms with E-state index in [0.717, 1.165) is 6.54 Å². The molecule has 1 unspecified atom stereocenters. The van der Waals surface area contributed by atoms with Crippen molar-refractivity contribution in [2.24, 2.45) is 5.73 Å². The third-order valence-electron chi connectivity index (χ3n) is 2.36. The Kier molecular flexibility index (Phi) is 6.39. The smallest absolute Gasteiger partial charge is 0.0221 e. The van der Waals surface area contributed by atoms with Gasteiger partial charge in [-0.3, -0.25) is 4.90 Å². The molecule has 0 aromatic heterocycles. The average molecular weight is 172 g/mol. The second kappa shape index (κ2) is 6.44.